The number of alkyl halides is 3. The van der Waals surface area contributed by atoms with E-state index in [0.717, 1.165) is 36.3 Å². The molecule has 1 aromatic carbocycles. The Balaban J connectivity index is 1.25. The molecule has 218 valence electrons. The van der Waals surface area contributed by atoms with Crippen molar-refractivity contribution in [3.63, 3.8) is 0 Å². The molecule has 2 aromatic heterocycles. The standard InChI is InChI=1S/C29H34F3N7O2/c1-3-20-17-36(2)19-38(18-20)27(41)22-6-8-23(9-7-22)33-28-34-26-24(5-4-14-39(26)35-28)21-11-15-37(16-12-21)25(40)10-13-29(30,31)32/h4-9,11,14,20H,3,10,12-13,15-19H2,1-2H3,(H,33,35). The van der Waals surface area contributed by atoms with Gasteiger partial charge in [-0.25, -0.2) is 4.52 Å². The minimum atomic E-state index is -4.34. The minimum Gasteiger partial charge on any atom is -0.339 e. The Morgan fingerprint density at radius 3 is 2.56 bits per heavy atom. The van der Waals surface area contributed by atoms with Crippen molar-refractivity contribution < 1.29 is 22.8 Å². The average molecular weight is 570 g/mol. The number of pyridine rings is 1. The fourth-order valence-electron chi connectivity index (χ4n) is 5.39. The molecule has 41 heavy (non-hydrogen) atoms. The van der Waals surface area contributed by atoms with Crippen LogP contribution in [0, 0.1) is 5.92 Å². The largest absolute Gasteiger partial charge is 0.389 e. The van der Waals surface area contributed by atoms with Gasteiger partial charge in [0, 0.05) is 55.6 Å². The Hall–Kier alpha value is -3.93. The number of nitrogens with one attached hydrogen (secondary N) is 1. The Morgan fingerprint density at radius 2 is 1.88 bits per heavy atom. The van der Waals surface area contributed by atoms with Gasteiger partial charge in [0.2, 0.25) is 11.9 Å². The van der Waals surface area contributed by atoms with E-state index in [1.165, 1.54) is 4.90 Å². The average Bonchev–Trinajstić information content (AvgIpc) is 3.38. The van der Waals surface area contributed by atoms with E-state index in [1.807, 2.05) is 42.3 Å². The zero-order chi connectivity index (χ0) is 29.1. The van der Waals surface area contributed by atoms with E-state index in [-0.39, 0.29) is 12.5 Å². The van der Waals surface area contributed by atoms with Gasteiger partial charge < -0.3 is 15.1 Å². The van der Waals surface area contributed by atoms with Gasteiger partial charge in [0.05, 0.1) is 13.1 Å². The molecule has 0 aliphatic carbocycles. The third kappa shape index (κ3) is 6.87. The summed E-state index contributed by atoms with van der Waals surface area (Å²) in [5.74, 6) is 0.378. The number of carbonyl (C=O) groups excluding carboxylic acids is 2. The van der Waals surface area contributed by atoms with Crippen molar-refractivity contribution in [2.45, 2.75) is 38.8 Å². The molecule has 12 heteroatoms. The third-order valence-corrected chi connectivity index (χ3v) is 7.61. The van der Waals surface area contributed by atoms with Gasteiger partial charge in [0.15, 0.2) is 5.65 Å². The summed E-state index contributed by atoms with van der Waals surface area (Å²) in [6, 6.07) is 11.0. The molecular formula is C29H34F3N7O2. The summed E-state index contributed by atoms with van der Waals surface area (Å²) in [4.78, 5) is 35.5. The smallest absolute Gasteiger partial charge is 0.339 e. The van der Waals surface area contributed by atoms with Crippen LogP contribution < -0.4 is 5.32 Å². The van der Waals surface area contributed by atoms with Gasteiger partial charge >= 0.3 is 6.18 Å². The summed E-state index contributed by atoms with van der Waals surface area (Å²) >= 11 is 0. The Morgan fingerprint density at radius 1 is 1.10 bits per heavy atom. The predicted octanol–water partition coefficient (Wildman–Crippen LogP) is 4.80. The van der Waals surface area contributed by atoms with Crippen molar-refractivity contribution in [1.82, 2.24) is 29.3 Å². The van der Waals surface area contributed by atoms with Gasteiger partial charge in [-0.2, -0.15) is 18.2 Å². The van der Waals surface area contributed by atoms with Gasteiger partial charge in [0.1, 0.15) is 0 Å². The van der Waals surface area contributed by atoms with Gasteiger partial charge in [0.25, 0.3) is 5.91 Å². The fourth-order valence-corrected chi connectivity index (χ4v) is 5.39. The molecule has 9 nitrogen and oxygen atoms in total. The Labute approximate surface area is 236 Å². The molecule has 3 aromatic rings. The summed E-state index contributed by atoms with van der Waals surface area (Å²) in [6.07, 6.45) is -0.795. The summed E-state index contributed by atoms with van der Waals surface area (Å²) in [6.45, 7) is 5.13. The molecule has 2 amide bonds. The van der Waals surface area contributed by atoms with Crippen LogP contribution in [0.1, 0.15) is 48.5 Å². The van der Waals surface area contributed by atoms with Crippen molar-refractivity contribution in [3.05, 3.63) is 59.8 Å². The lowest BCUT2D eigenvalue weighted by atomic mass is 10.00. The van der Waals surface area contributed by atoms with Crippen molar-refractivity contribution in [3.8, 4) is 0 Å². The first kappa shape index (κ1) is 28.6. The second-order valence-electron chi connectivity index (χ2n) is 10.7. The maximum atomic E-state index is 13.1. The van der Waals surface area contributed by atoms with E-state index in [1.54, 1.807) is 22.8 Å². The number of rotatable bonds is 7. The molecule has 1 unspecified atom stereocenters. The molecular weight excluding hydrogens is 535 g/mol. The number of halogens is 3. The number of amides is 2. The maximum Gasteiger partial charge on any atom is 0.389 e. The zero-order valence-electron chi connectivity index (χ0n) is 23.2. The van der Waals surface area contributed by atoms with Crippen LogP contribution in [-0.4, -0.2) is 87.2 Å². The van der Waals surface area contributed by atoms with E-state index >= 15 is 0 Å². The molecule has 0 radical (unpaired) electrons. The number of nitrogens with zero attached hydrogens (tertiary/aromatic N) is 6. The SMILES string of the molecule is CCC1CN(C)CN(C(=O)c2ccc(Nc3nc4c(C5=CCN(C(=O)CCC(F)(F)F)CC5)cccn4n3)cc2)C1. The van der Waals surface area contributed by atoms with Gasteiger partial charge in [-0.15, -0.1) is 5.10 Å². The van der Waals surface area contributed by atoms with E-state index < -0.39 is 24.9 Å². The Bertz CT molecular complexity index is 1430. The molecule has 2 aliphatic heterocycles. The number of fused-ring (bicyclic) bond motifs is 1. The summed E-state index contributed by atoms with van der Waals surface area (Å²) < 4.78 is 39.1. The lowest BCUT2D eigenvalue weighted by molar-refractivity contribution is -0.148. The van der Waals surface area contributed by atoms with Crippen molar-refractivity contribution in [1.29, 1.82) is 0 Å². The lowest BCUT2D eigenvalue weighted by Gasteiger charge is -2.38. The predicted molar refractivity (Wildman–Crippen MR) is 149 cm³/mol. The van der Waals surface area contributed by atoms with Crippen LogP contribution in [0.25, 0.3) is 11.2 Å². The van der Waals surface area contributed by atoms with Crippen molar-refractivity contribution in [2.75, 3.05) is 45.2 Å². The number of benzene rings is 1. The topological polar surface area (TPSA) is 86.1 Å². The normalized spacial score (nSPS) is 18.5. The highest BCUT2D eigenvalue weighted by molar-refractivity contribution is 5.94. The van der Waals surface area contributed by atoms with Crippen LogP contribution >= 0.6 is 0 Å². The minimum absolute atomic E-state index is 0.0124. The van der Waals surface area contributed by atoms with Crippen molar-refractivity contribution >= 4 is 34.7 Å². The van der Waals surface area contributed by atoms with Crippen LogP contribution in [0.15, 0.2) is 48.7 Å². The van der Waals surface area contributed by atoms with Gasteiger partial charge in [-0.1, -0.05) is 19.4 Å². The fraction of sp³-hybridized carbons (Fsp3) is 0.448. The van der Waals surface area contributed by atoms with E-state index in [2.05, 4.69) is 27.2 Å². The molecule has 1 N–H and O–H groups in total. The molecule has 1 fully saturated rings. The molecule has 5 rings (SSSR count). The molecule has 4 heterocycles. The maximum absolute atomic E-state index is 13.1. The Kier molecular flexibility index (Phi) is 8.30. The number of anilines is 2. The van der Waals surface area contributed by atoms with Crippen LogP contribution in [0.5, 0.6) is 0 Å². The van der Waals surface area contributed by atoms with Crippen LogP contribution in [0.2, 0.25) is 0 Å². The van der Waals surface area contributed by atoms with Gasteiger partial charge in [-0.05, 0) is 61.4 Å². The van der Waals surface area contributed by atoms with E-state index in [9.17, 15) is 22.8 Å². The first-order valence-corrected chi connectivity index (χ1v) is 13.8. The lowest BCUT2D eigenvalue weighted by Crippen LogP contribution is -2.50. The summed E-state index contributed by atoms with van der Waals surface area (Å²) in [5.41, 5.74) is 3.82. The second kappa shape index (κ2) is 11.9. The molecule has 0 bridgehead atoms. The monoisotopic (exact) mass is 569 g/mol. The van der Waals surface area contributed by atoms with E-state index in [0.29, 0.717) is 42.7 Å². The van der Waals surface area contributed by atoms with Gasteiger partial charge in [-0.3, -0.25) is 14.5 Å². The second-order valence-corrected chi connectivity index (χ2v) is 10.7. The van der Waals surface area contributed by atoms with Crippen molar-refractivity contribution in [2.24, 2.45) is 5.92 Å². The highest BCUT2D eigenvalue weighted by atomic mass is 19.4. The first-order chi connectivity index (χ1) is 19.6. The van der Waals surface area contributed by atoms with Crippen LogP contribution in [-0.2, 0) is 4.79 Å². The molecule has 1 saturated heterocycles. The molecule has 2 aliphatic rings. The number of hydrogen-bond donors (Lipinski definition) is 1. The number of carbonyl (C=O) groups is 2. The molecule has 0 saturated carbocycles. The van der Waals surface area contributed by atoms with E-state index in [4.69, 9.17) is 0 Å². The zero-order valence-corrected chi connectivity index (χ0v) is 23.2. The molecule has 1 atom stereocenters. The summed E-state index contributed by atoms with van der Waals surface area (Å²) in [5, 5.41) is 7.73. The highest BCUT2D eigenvalue weighted by Crippen LogP contribution is 2.28. The third-order valence-electron chi connectivity index (χ3n) is 7.61. The number of aromatic nitrogens is 3. The van der Waals surface area contributed by atoms with Crippen LogP contribution in [0.3, 0.4) is 0 Å². The quantitative estimate of drug-likeness (QED) is 0.440. The number of hydrogen-bond acceptors (Lipinski definition) is 6. The molecule has 0 spiro atoms. The first-order valence-electron chi connectivity index (χ1n) is 13.8. The summed E-state index contributed by atoms with van der Waals surface area (Å²) in [7, 11) is 2.03. The highest BCUT2D eigenvalue weighted by Gasteiger charge is 2.30. The van der Waals surface area contributed by atoms with Crippen LogP contribution in [0.4, 0.5) is 24.8 Å².